The minimum absolute atomic E-state index is 0.0661. The van der Waals surface area contributed by atoms with Crippen LogP contribution in [0.5, 0.6) is 0 Å². The Bertz CT molecular complexity index is 600. The zero-order chi connectivity index (χ0) is 13.1. The van der Waals surface area contributed by atoms with E-state index in [-0.39, 0.29) is 6.42 Å². The van der Waals surface area contributed by atoms with Gasteiger partial charge in [0, 0.05) is 17.1 Å². The number of aromatic amines is 1. The molecule has 5 nitrogen and oxygen atoms in total. The van der Waals surface area contributed by atoms with Crippen LogP contribution in [-0.2, 0) is 16.0 Å². The van der Waals surface area contributed by atoms with Gasteiger partial charge >= 0.3 is 11.9 Å². The third-order valence-corrected chi connectivity index (χ3v) is 2.60. The molecule has 2 aromatic rings. The number of carbonyl (C=O) groups is 2. The van der Waals surface area contributed by atoms with Crippen LogP contribution in [0.4, 0.5) is 0 Å². The van der Waals surface area contributed by atoms with Crippen LogP contribution in [0.25, 0.3) is 10.9 Å². The molecule has 0 unspecified atom stereocenters. The Morgan fingerprint density at radius 1 is 1.39 bits per heavy atom. The fraction of sp³-hybridized carbons (Fsp3) is 0.231. The predicted octanol–water partition coefficient (Wildman–Crippen LogP) is 1.97. The molecule has 0 aliphatic rings. The molecule has 0 aliphatic heterocycles. The quantitative estimate of drug-likeness (QED) is 0.809. The Balaban J connectivity index is 2.43. The van der Waals surface area contributed by atoms with Gasteiger partial charge in [-0.15, -0.1) is 0 Å². The highest BCUT2D eigenvalue weighted by molar-refractivity contribution is 6.04. The Labute approximate surface area is 103 Å². The molecular weight excluding hydrogens is 234 g/mol. The number of fused-ring (bicyclic) bond motifs is 1. The first-order valence-electron chi connectivity index (χ1n) is 5.60. The zero-order valence-electron chi connectivity index (χ0n) is 9.90. The van der Waals surface area contributed by atoms with Gasteiger partial charge in [0.2, 0.25) is 0 Å². The van der Waals surface area contributed by atoms with Gasteiger partial charge in [-0.1, -0.05) is 6.07 Å². The highest BCUT2D eigenvalue weighted by atomic mass is 16.5. The second kappa shape index (κ2) is 4.91. The van der Waals surface area contributed by atoms with Crippen LogP contribution in [0.3, 0.4) is 0 Å². The monoisotopic (exact) mass is 247 g/mol. The van der Waals surface area contributed by atoms with Gasteiger partial charge in [-0.3, -0.25) is 4.79 Å². The van der Waals surface area contributed by atoms with E-state index in [0.29, 0.717) is 23.1 Å². The second-order valence-corrected chi connectivity index (χ2v) is 3.87. The molecule has 0 amide bonds. The van der Waals surface area contributed by atoms with Crippen LogP contribution >= 0.6 is 0 Å². The number of ether oxygens (including phenoxy) is 1. The maximum absolute atomic E-state index is 11.7. The topological polar surface area (TPSA) is 79.4 Å². The lowest BCUT2D eigenvalue weighted by Crippen LogP contribution is -2.04. The van der Waals surface area contributed by atoms with Crippen molar-refractivity contribution in [2.45, 2.75) is 13.3 Å². The number of benzene rings is 1. The lowest BCUT2D eigenvalue weighted by Gasteiger charge is -2.01. The molecule has 1 heterocycles. The number of carbonyl (C=O) groups excluding carboxylic acids is 1. The molecule has 0 spiro atoms. The summed E-state index contributed by atoms with van der Waals surface area (Å²) in [7, 11) is 0. The number of hydrogen-bond donors (Lipinski definition) is 2. The zero-order valence-corrected chi connectivity index (χ0v) is 9.90. The van der Waals surface area contributed by atoms with E-state index >= 15 is 0 Å². The van der Waals surface area contributed by atoms with Crippen molar-refractivity contribution in [3.8, 4) is 0 Å². The number of H-pyrrole nitrogens is 1. The Kier molecular flexibility index (Phi) is 3.32. The smallest absolute Gasteiger partial charge is 0.340 e. The Morgan fingerprint density at radius 2 is 2.17 bits per heavy atom. The number of hydrogen-bond acceptors (Lipinski definition) is 3. The molecule has 0 fully saturated rings. The standard InChI is InChI=1S/C13H13NO4/c1-2-18-13(17)10-7-14-11-4-3-8(5-9(10)11)6-12(15)16/h3-5,7,14H,2,6H2,1H3,(H,15,16). The molecular formula is C13H13NO4. The number of aliphatic carboxylic acids is 1. The summed E-state index contributed by atoms with van der Waals surface area (Å²) in [4.78, 5) is 25.3. The highest BCUT2D eigenvalue weighted by Crippen LogP contribution is 2.21. The van der Waals surface area contributed by atoms with Crippen molar-refractivity contribution in [1.29, 1.82) is 0 Å². The maximum Gasteiger partial charge on any atom is 0.340 e. The minimum Gasteiger partial charge on any atom is -0.481 e. The van der Waals surface area contributed by atoms with Gasteiger partial charge in [0.25, 0.3) is 0 Å². The van der Waals surface area contributed by atoms with Crippen molar-refractivity contribution in [3.05, 3.63) is 35.5 Å². The summed E-state index contributed by atoms with van der Waals surface area (Å²) in [6.45, 7) is 2.04. The molecule has 18 heavy (non-hydrogen) atoms. The molecule has 5 heteroatoms. The van der Waals surface area contributed by atoms with Gasteiger partial charge in [-0.2, -0.15) is 0 Å². The number of esters is 1. The van der Waals surface area contributed by atoms with E-state index in [4.69, 9.17) is 9.84 Å². The van der Waals surface area contributed by atoms with E-state index in [1.807, 2.05) is 0 Å². The number of carboxylic acids is 1. The summed E-state index contributed by atoms with van der Waals surface area (Å²) in [5, 5.41) is 9.44. The largest absolute Gasteiger partial charge is 0.481 e. The molecule has 1 aromatic carbocycles. The highest BCUT2D eigenvalue weighted by Gasteiger charge is 2.13. The summed E-state index contributed by atoms with van der Waals surface area (Å²) in [6, 6.07) is 5.18. The summed E-state index contributed by atoms with van der Waals surface area (Å²) < 4.78 is 4.94. The van der Waals surface area contributed by atoms with E-state index < -0.39 is 11.9 Å². The average Bonchev–Trinajstić information content (AvgIpc) is 2.71. The van der Waals surface area contributed by atoms with Crippen LogP contribution in [0, 0.1) is 0 Å². The van der Waals surface area contributed by atoms with E-state index in [1.165, 1.54) is 0 Å². The van der Waals surface area contributed by atoms with E-state index in [2.05, 4.69) is 4.98 Å². The average molecular weight is 247 g/mol. The lowest BCUT2D eigenvalue weighted by molar-refractivity contribution is -0.136. The third-order valence-electron chi connectivity index (χ3n) is 2.60. The van der Waals surface area contributed by atoms with E-state index in [9.17, 15) is 9.59 Å². The van der Waals surface area contributed by atoms with Crippen molar-refractivity contribution in [1.82, 2.24) is 4.98 Å². The first-order chi connectivity index (χ1) is 8.61. The van der Waals surface area contributed by atoms with Crippen molar-refractivity contribution in [2.75, 3.05) is 6.61 Å². The van der Waals surface area contributed by atoms with Crippen molar-refractivity contribution in [3.63, 3.8) is 0 Å². The number of rotatable bonds is 4. The first kappa shape index (κ1) is 12.2. The van der Waals surface area contributed by atoms with Gasteiger partial charge in [-0.25, -0.2) is 4.79 Å². The van der Waals surface area contributed by atoms with Gasteiger partial charge in [0.15, 0.2) is 0 Å². The summed E-state index contributed by atoms with van der Waals surface area (Å²) in [6.07, 6.45) is 1.51. The van der Waals surface area contributed by atoms with Crippen LogP contribution in [0.1, 0.15) is 22.8 Å². The van der Waals surface area contributed by atoms with Crippen LogP contribution in [0.2, 0.25) is 0 Å². The minimum atomic E-state index is -0.900. The molecule has 0 radical (unpaired) electrons. The molecule has 0 aliphatic carbocycles. The molecule has 2 N–H and O–H groups in total. The number of aromatic nitrogens is 1. The van der Waals surface area contributed by atoms with Gasteiger partial charge in [0.05, 0.1) is 18.6 Å². The molecule has 2 rings (SSSR count). The fourth-order valence-electron chi connectivity index (χ4n) is 1.83. The summed E-state index contributed by atoms with van der Waals surface area (Å²) in [5.41, 5.74) is 1.87. The maximum atomic E-state index is 11.7. The third kappa shape index (κ3) is 2.34. The van der Waals surface area contributed by atoms with Crippen molar-refractivity contribution < 1.29 is 19.4 Å². The summed E-state index contributed by atoms with van der Waals surface area (Å²) in [5.74, 6) is -1.31. The van der Waals surface area contributed by atoms with Crippen molar-refractivity contribution in [2.24, 2.45) is 0 Å². The SMILES string of the molecule is CCOC(=O)c1c[nH]c2ccc(CC(=O)O)cc12. The fourth-order valence-corrected chi connectivity index (χ4v) is 1.83. The molecule has 1 aromatic heterocycles. The van der Waals surface area contributed by atoms with E-state index in [1.54, 1.807) is 31.3 Å². The Hall–Kier alpha value is -2.30. The van der Waals surface area contributed by atoms with Crippen LogP contribution in [-0.4, -0.2) is 28.6 Å². The second-order valence-electron chi connectivity index (χ2n) is 3.87. The summed E-state index contributed by atoms with van der Waals surface area (Å²) >= 11 is 0. The molecule has 0 bridgehead atoms. The van der Waals surface area contributed by atoms with Gasteiger partial charge in [-0.05, 0) is 24.6 Å². The van der Waals surface area contributed by atoms with Crippen LogP contribution < -0.4 is 0 Å². The molecule has 0 saturated heterocycles. The van der Waals surface area contributed by atoms with Crippen LogP contribution in [0.15, 0.2) is 24.4 Å². The first-order valence-corrected chi connectivity index (χ1v) is 5.60. The molecule has 0 saturated carbocycles. The predicted molar refractivity (Wildman–Crippen MR) is 65.6 cm³/mol. The number of nitrogens with one attached hydrogen (secondary N) is 1. The molecule has 0 atom stereocenters. The normalized spacial score (nSPS) is 10.5. The van der Waals surface area contributed by atoms with Gasteiger partial charge in [0.1, 0.15) is 0 Å². The van der Waals surface area contributed by atoms with Gasteiger partial charge < -0.3 is 14.8 Å². The molecule has 94 valence electrons. The lowest BCUT2D eigenvalue weighted by atomic mass is 10.1. The van der Waals surface area contributed by atoms with Crippen molar-refractivity contribution >= 4 is 22.8 Å². The van der Waals surface area contributed by atoms with E-state index in [0.717, 1.165) is 5.52 Å². The number of carboxylic acid groups (broad SMARTS) is 1. The Morgan fingerprint density at radius 3 is 2.83 bits per heavy atom.